The van der Waals surface area contributed by atoms with Gasteiger partial charge in [0.2, 0.25) is 0 Å². The van der Waals surface area contributed by atoms with Gasteiger partial charge in [-0.25, -0.2) is 4.98 Å². The zero-order chi connectivity index (χ0) is 12.1. The van der Waals surface area contributed by atoms with Gasteiger partial charge >= 0.3 is 0 Å². The first-order valence-electron chi connectivity index (χ1n) is 5.59. The topological polar surface area (TPSA) is 63.8 Å². The molecule has 0 aliphatic heterocycles. The number of nitrogens with one attached hydrogen (secondary N) is 1. The maximum Gasteiger partial charge on any atom is 0.147 e. The van der Waals surface area contributed by atoms with Gasteiger partial charge in [-0.3, -0.25) is 4.98 Å². The molecule has 4 nitrogen and oxygen atoms in total. The summed E-state index contributed by atoms with van der Waals surface area (Å²) in [5.74, 6) is 0.791. The molecule has 0 spiro atoms. The van der Waals surface area contributed by atoms with E-state index in [0.29, 0.717) is 6.54 Å². The molecule has 0 aliphatic rings. The van der Waals surface area contributed by atoms with Crippen molar-refractivity contribution < 1.29 is 0 Å². The van der Waals surface area contributed by atoms with Gasteiger partial charge in [0.1, 0.15) is 5.82 Å². The van der Waals surface area contributed by atoms with Crippen LogP contribution in [0.25, 0.3) is 0 Å². The molecule has 1 aromatic heterocycles. The second-order valence-electron chi connectivity index (χ2n) is 3.89. The predicted molar refractivity (Wildman–Crippen MR) is 68.6 cm³/mol. The molecule has 4 heteroatoms. The monoisotopic (exact) mass is 228 g/mol. The second-order valence-corrected chi connectivity index (χ2v) is 3.89. The minimum Gasteiger partial charge on any atom is -0.367 e. The van der Waals surface area contributed by atoms with Crippen molar-refractivity contribution in [2.24, 2.45) is 5.73 Å². The van der Waals surface area contributed by atoms with Crippen LogP contribution in [0.4, 0.5) is 5.82 Å². The first-order chi connectivity index (χ1) is 8.27. The fourth-order valence-corrected chi connectivity index (χ4v) is 1.61. The number of hydrogen-bond donors (Lipinski definition) is 2. The molecule has 17 heavy (non-hydrogen) atoms. The summed E-state index contributed by atoms with van der Waals surface area (Å²) in [5, 5.41) is 3.21. The highest BCUT2D eigenvalue weighted by Gasteiger charge is 2.06. The van der Waals surface area contributed by atoms with Gasteiger partial charge in [-0.2, -0.15) is 0 Å². The minimum absolute atomic E-state index is 0.0439. The Morgan fingerprint density at radius 1 is 1.18 bits per heavy atom. The van der Waals surface area contributed by atoms with E-state index in [9.17, 15) is 0 Å². The van der Waals surface area contributed by atoms with Crippen LogP contribution in [-0.4, -0.2) is 16.5 Å². The predicted octanol–water partition coefficient (Wildman–Crippen LogP) is 1.90. The molecule has 3 N–H and O–H groups in total. The zero-order valence-electron chi connectivity index (χ0n) is 9.80. The largest absolute Gasteiger partial charge is 0.367 e. The fraction of sp³-hybridized carbons (Fsp3) is 0.231. The SMILES string of the molecule is Cc1nccnc1NCC(N)c1ccccc1. The summed E-state index contributed by atoms with van der Waals surface area (Å²) in [6.07, 6.45) is 3.35. The number of nitrogens with two attached hydrogens (primary N) is 1. The van der Waals surface area contributed by atoms with E-state index in [1.165, 1.54) is 0 Å². The molecule has 88 valence electrons. The Kier molecular flexibility index (Phi) is 3.67. The maximum absolute atomic E-state index is 6.08. The van der Waals surface area contributed by atoms with Gasteiger partial charge in [0, 0.05) is 25.0 Å². The molecule has 0 fully saturated rings. The Labute approximate surface area is 101 Å². The smallest absolute Gasteiger partial charge is 0.147 e. The van der Waals surface area contributed by atoms with E-state index in [4.69, 9.17) is 5.73 Å². The zero-order valence-corrected chi connectivity index (χ0v) is 9.80. The van der Waals surface area contributed by atoms with Crippen molar-refractivity contribution in [3.05, 3.63) is 54.0 Å². The van der Waals surface area contributed by atoms with Crippen LogP contribution in [0.1, 0.15) is 17.3 Å². The molecule has 1 unspecified atom stereocenters. The molecule has 0 aliphatic carbocycles. The summed E-state index contributed by atoms with van der Waals surface area (Å²) in [6, 6.07) is 9.96. The summed E-state index contributed by atoms with van der Waals surface area (Å²) in [7, 11) is 0. The Bertz CT molecular complexity index is 470. The highest BCUT2D eigenvalue weighted by molar-refractivity contribution is 5.38. The van der Waals surface area contributed by atoms with Gasteiger partial charge in [0.25, 0.3) is 0 Å². The van der Waals surface area contributed by atoms with E-state index in [2.05, 4.69) is 15.3 Å². The van der Waals surface area contributed by atoms with Gasteiger partial charge in [0.15, 0.2) is 0 Å². The number of aryl methyl sites for hydroxylation is 1. The molecule has 0 saturated carbocycles. The van der Waals surface area contributed by atoms with E-state index in [1.54, 1.807) is 12.4 Å². The lowest BCUT2D eigenvalue weighted by molar-refractivity contribution is 0.760. The highest BCUT2D eigenvalue weighted by Crippen LogP contribution is 2.12. The molecule has 2 rings (SSSR count). The molecular formula is C13H16N4. The van der Waals surface area contributed by atoms with E-state index < -0.39 is 0 Å². The summed E-state index contributed by atoms with van der Waals surface area (Å²) < 4.78 is 0. The first kappa shape index (κ1) is 11.5. The van der Waals surface area contributed by atoms with Crippen molar-refractivity contribution in [1.82, 2.24) is 9.97 Å². The molecule has 1 aromatic carbocycles. The van der Waals surface area contributed by atoms with E-state index in [0.717, 1.165) is 17.1 Å². The quantitative estimate of drug-likeness (QED) is 0.839. The molecule has 1 heterocycles. The van der Waals surface area contributed by atoms with Crippen molar-refractivity contribution in [2.45, 2.75) is 13.0 Å². The van der Waals surface area contributed by atoms with Gasteiger partial charge in [-0.15, -0.1) is 0 Å². The lowest BCUT2D eigenvalue weighted by Crippen LogP contribution is -2.21. The van der Waals surface area contributed by atoms with E-state index in [-0.39, 0.29) is 6.04 Å². The number of hydrogen-bond acceptors (Lipinski definition) is 4. The van der Waals surface area contributed by atoms with Crippen LogP contribution >= 0.6 is 0 Å². The average Bonchev–Trinajstić information content (AvgIpc) is 2.38. The molecule has 2 aromatic rings. The normalized spacial score (nSPS) is 12.1. The van der Waals surface area contributed by atoms with E-state index in [1.807, 2.05) is 37.3 Å². The van der Waals surface area contributed by atoms with Crippen molar-refractivity contribution in [3.63, 3.8) is 0 Å². The molecule has 0 bridgehead atoms. The van der Waals surface area contributed by atoms with Crippen LogP contribution in [0.15, 0.2) is 42.7 Å². The van der Waals surface area contributed by atoms with Crippen LogP contribution in [0.5, 0.6) is 0 Å². The third kappa shape index (κ3) is 3.01. The van der Waals surface area contributed by atoms with Crippen LogP contribution in [0, 0.1) is 6.92 Å². The molecule has 0 saturated heterocycles. The van der Waals surface area contributed by atoms with Crippen LogP contribution in [-0.2, 0) is 0 Å². The summed E-state index contributed by atoms with van der Waals surface area (Å²) >= 11 is 0. The Balaban J connectivity index is 1.97. The Morgan fingerprint density at radius 2 is 1.88 bits per heavy atom. The molecule has 0 amide bonds. The van der Waals surface area contributed by atoms with Crippen molar-refractivity contribution in [3.8, 4) is 0 Å². The number of anilines is 1. The number of aromatic nitrogens is 2. The molecular weight excluding hydrogens is 212 g/mol. The number of benzene rings is 1. The minimum atomic E-state index is -0.0439. The first-order valence-corrected chi connectivity index (χ1v) is 5.59. The summed E-state index contributed by atoms with van der Waals surface area (Å²) in [6.45, 7) is 2.56. The third-order valence-electron chi connectivity index (χ3n) is 2.60. The lowest BCUT2D eigenvalue weighted by Gasteiger charge is -2.14. The highest BCUT2D eigenvalue weighted by atomic mass is 15.0. The van der Waals surface area contributed by atoms with Crippen LogP contribution in [0.2, 0.25) is 0 Å². The standard InChI is InChI=1S/C13H16N4/c1-10-13(16-8-7-15-10)17-9-12(14)11-5-3-2-4-6-11/h2-8,12H,9,14H2,1H3,(H,16,17). The number of rotatable bonds is 4. The summed E-state index contributed by atoms with van der Waals surface area (Å²) in [5.41, 5.74) is 8.08. The summed E-state index contributed by atoms with van der Waals surface area (Å²) in [4.78, 5) is 8.38. The average molecular weight is 228 g/mol. The van der Waals surface area contributed by atoms with Crippen LogP contribution in [0.3, 0.4) is 0 Å². The van der Waals surface area contributed by atoms with E-state index >= 15 is 0 Å². The van der Waals surface area contributed by atoms with Gasteiger partial charge < -0.3 is 11.1 Å². The van der Waals surface area contributed by atoms with Crippen molar-refractivity contribution in [2.75, 3.05) is 11.9 Å². The van der Waals surface area contributed by atoms with Gasteiger partial charge in [-0.05, 0) is 12.5 Å². The maximum atomic E-state index is 6.08. The molecule has 0 radical (unpaired) electrons. The Morgan fingerprint density at radius 3 is 2.59 bits per heavy atom. The lowest BCUT2D eigenvalue weighted by atomic mass is 10.1. The number of nitrogens with zero attached hydrogens (tertiary/aromatic N) is 2. The molecule has 1 atom stereocenters. The van der Waals surface area contributed by atoms with Crippen LogP contribution < -0.4 is 11.1 Å². The third-order valence-corrected chi connectivity index (χ3v) is 2.60. The van der Waals surface area contributed by atoms with Crippen molar-refractivity contribution >= 4 is 5.82 Å². The van der Waals surface area contributed by atoms with Crippen molar-refractivity contribution in [1.29, 1.82) is 0 Å². The van der Waals surface area contributed by atoms with Gasteiger partial charge in [-0.1, -0.05) is 30.3 Å². The van der Waals surface area contributed by atoms with Gasteiger partial charge in [0.05, 0.1) is 5.69 Å². The Hall–Kier alpha value is -1.94. The fourth-order valence-electron chi connectivity index (χ4n) is 1.61. The second kappa shape index (κ2) is 5.41.